The molecule has 4 heterocycles. The molecular weight excluding hydrogens is 410 g/mol. The quantitative estimate of drug-likeness (QED) is 0.660. The summed E-state index contributed by atoms with van der Waals surface area (Å²) in [7, 11) is 0. The standard InChI is InChI=1S/C24H24F2N6/c1-12(2)21-13(3)29-23-16(21)8-15(9-17(23)25)22-18(26)11-28-24(32-22)31-20-5-4-14-10-27-7-6-19(14)30-20/h4-5,8-9,11-13,27H,6-7,10H2,1-3H3,(H,28,30,31,32). The lowest BCUT2D eigenvalue weighted by atomic mass is 9.95. The highest BCUT2D eigenvalue weighted by Crippen LogP contribution is 2.24. The largest absolute Gasteiger partial charge is 0.312 e. The molecule has 0 saturated carbocycles. The molecule has 164 valence electrons. The highest BCUT2D eigenvalue weighted by atomic mass is 19.1. The molecule has 6 nitrogen and oxygen atoms in total. The summed E-state index contributed by atoms with van der Waals surface area (Å²) in [6.45, 7) is 7.73. The van der Waals surface area contributed by atoms with Crippen LogP contribution < -0.4 is 21.2 Å². The molecule has 0 radical (unpaired) electrons. The molecule has 0 fully saturated rings. The summed E-state index contributed by atoms with van der Waals surface area (Å²) in [5, 5.41) is 7.43. The summed E-state index contributed by atoms with van der Waals surface area (Å²) in [6.07, 6.45) is 1.94. The Morgan fingerprint density at radius 3 is 2.78 bits per heavy atom. The number of anilines is 2. The Hall–Kier alpha value is -3.26. The van der Waals surface area contributed by atoms with Gasteiger partial charge in [-0.2, -0.15) is 0 Å². The number of rotatable bonds is 4. The third-order valence-electron chi connectivity index (χ3n) is 5.95. The molecule has 2 aromatic heterocycles. The smallest absolute Gasteiger partial charge is 0.229 e. The first-order chi connectivity index (χ1) is 15.4. The molecule has 0 bridgehead atoms. The lowest BCUT2D eigenvalue weighted by molar-refractivity contribution is 0.606. The van der Waals surface area contributed by atoms with Crippen LogP contribution in [0.2, 0.25) is 0 Å². The van der Waals surface area contributed by atoms with Crippen molar-refractivity contribution < 1.29 is 8.78 Å². The number of nitrogens with zero attached hydrogens (tertiary/aromatic N) is 4. The fourth-order valence-electron chi connectivity index (χ4n) is 4.52. The molecule has 5 rings (SSSR count). The lowest BCUT2D eigenvalue weighted by Gasteiger charge is -2.17. The summed E-state index contributed by atoms with van der Waals surface area (Å²) in [5.74, 6) is -0.102. The maximum atomic E-state index is 14.9. The Balaban J connectivity index is 1.55. The molecule has 1 aromatic carbocycles. The topological polar surface area (TPSA) is 75.1 Å². The number of pyridine rings is 1. The van der Waals surface area contributed by atoms with Crippen LogP contribution in [0.1, 0.15) is 32.0 Å². The van der Waals surface area contributed by atoms with Crippen molar-refractivity contribution in [2.75, 3.05) is 11.9 Å². The van der Waals surface area contributed by atoms with Gasteiger partial charge in [0.2, 0.25) is 5.95 Å². The zero-order valence-electron chi connectivity index (χ0n) is 18.2. The zero-order valence-corrected chi connectivity index (χ0v) is 18.2. The normalized spacial score (nSPS) is 17.2. The summed E-state index contributed by atoms with van der Waals surface area (Å²) >= 11 is 0. The fraction of sp³-hybridized carbons (Fsp3) is 0.333. The predicted octanol–water partition coefficient (Wildman–Crippen LogP) is 3.03. The van der Waals surface area contributed by atoms with Gasteiger partial charge in [0.25, 0.3) is 0 Å². The second-order valence-electron chi connectivity index (χ2n) is 8.51. The van der Waals surface area contributed by atoms with E-state index in [4.69, 9.17) is 0 Å². The molecule has 8 heteroatoms. The second kappa shape index (κ2) is 8.02. The average molecular weight is 434 g/mol. The van der Waals surface area contributed by atoms with E-state index in [9.17, 15) is 8.78 Å². The van der Waals surface area contributed by atoms with Gasteiger partial charge in [-0.25, -0.2) is 23.7 Å². The molecule has 3 aromatic rings. The van der Waals surface area contributed by atoms with Gasteiger partial charge in [0.05, 0.1) is 12.2 Å². The van der Waals surface area contributed by atoms with E-state index in [1.54, 1.807) is 6.07 Å². The number of aromatic nitrogens is 3. The Bertz CT molecular complexity index is 1340. The van der Waals surface area contributed by atoms with Crippen molar-refractivity contribution in [2.24, 2.45) is 10.9 Å². The Labute approximate surface area is 184 Å². The van der Waals surface area contributed by atoms with Crippen LogP contribution in [0.15, 0.2) is 35.5 Å². The van der Waals surface area contributed by atoms with Crippen molar-refractivity contribution in [3.63, 3.8) is 0 Å². The third-order valence-corrected chi connectivity index (χ3v) is 5.95. The van der Waals surface area contributed by atoms with Gasteiger partial charge in [0.1, 0.15) is 22.7 Å². The van der Waals surface area contributed by atoms with Crippen molar-refractivity contribution >= 4 is 17.3 Å². The van der Waals surface area contributed by atoms with E-state index in [-0.39, 0.29) is 23.6 Å². The molecule has 0 aliphatic carbocycles. The second-order valence-corrected chi connectivity index (χ2v) is 8.51. The van der Waals surface area contributed by atoms with Gasteiger partial charge in [-0.15, -0.1) is 0 Å². The third kappa shape index (κ3) is 3.64. The van der Waals surface area contributed by atoms with Gasteiger partial charge in [-0.05, 0) is 42.2 Å². The zero-order chi connectivity index (χ0) is 22.4. The number of nitrogens with one attached hydrogen (secondary N) is 2. The minimum atomic E-state index is -0.617. The van der Waals surface area contributed by atoms with Crippen molar-refractivity contribution in [3.05, 3.63) is 63.9 Å². The first-order valence-electron chi connectivity index (χ1n) is 10.8. The number of benzene rings is 1. The van der Waals surface area contributed by atoms with E-state index in [0.717, 1.165) is 47.8 Å². The SMILES string of the molecule is CC(C)C1=c2cc(-c3nc(Nc4ccc5c(n4)CCNC5)ncc3F)cc(F)c2=NC1C. The minimum absolute atomic E-state index is 0.0361. The minimum Gasteiger partial charge on any atom is -0.312 e. The molecule has 2 aliphatic rings. The monoisotopic (exact) mass is 434 g/mol. The molecular formula is C24H24F2N6. The molecule has 1 unspecified atom stereocenters. The molecule has 32 heavy (non-hydrogen) atoms. The van der Waals surface area contributed by atoms with Gasteiger partial charge in [0, 0.05) is 36.0 Å². The van der Waals surface area contributed by atoms with E-state index in [1.807, 2.05) is 19.1 Å². The fourth-order valence-corrected chi connectivity index (χ4v) is 4.52. The summed E-state index contributed by atoms with van der Waals surface area (Å²) in [5.41, 5.74) is 3.62. The average Bonchev–Trinajstić information content (AvgIpc) is 3.11. The van der Waals surface area contributed by atoms with Crippen LogP contribution in [-0.2, 0) is 13.0 Å². The van der Waals surface area contributed by atoms with Crippen LogP contribution in [0.25, 0.3) is 16.8 Å². The van der Waals surface area contributed by atoms with E-state index < -0.39 is 11.6 Å². The van der Waals surface area contributed by atoms with Crippen LogP contribution in [-0.4, -0.2) is 27.5 Å². The van der Waals surface area contributed by atoms with Crippen LogP contribution in [0.4, 0.5) is 20.5 Å². The number of hydrogen-bond donors (Lipinski definition) is 2. The number of hydrogen-bond acceptors (Lipinski definition) is 6. The van der Waals surface area contributed by atoms with Crippen molar-refractivity contribution in [3.8, 4) is 11.3 Å². The molecule has 0 saturated heterocycles. The summed E-state index contributed by atoms with van der Waals surface area (Å²) < 4.78 is 29.6. The predicted molar refractivity (Wildman–Crippen MR) is 119 cm³/mol. The Morgan fingerprint density at radius 2 is 1.97 bits per heavy atom. The highest BCUT2D eigenvalue weighted by molar-refractivity contribution is 5.65. The van der Waals surface area contributed by atoms with Crippen molar-refractivity contribution in [1.82, 2.24) is 20.3 Å². The van der Waals surface area contributed by atoms with Crippen LogP contribution in [0, 0.1) is 17.6 Å². The van der Waals surface area contributed by atoms with Crippen molar-refractivity contribution in [1.29, 1.82) is 0 Å². The van der Waals surface area contributed by atoms with Gasteiger partial charge in [0.15, 0.2) is 5.82 Å². The van der Waals surface area contributed by atoms with E-state index in [1.165, 1.54) is 6.07 Å². The van der Waals surface area contributed by atoms with Crippen molar-refractivity contribution in [2.45, 2.75) is 39.8 Å². The van der Waals surface area contributed by atoms with Gasteiger partial charge < -0.3 is 10.6 Å². The van der Waals surface area contributed by atoms with E-state index in [0.29, 0.717) is 16.7 Å². The molecule has 0 amide bonds. The molecule has 2 N–H and O–H groups in total. The highest BCUT2D eigenvalue weighted by Gasteiger charge is 2.22. The summed E-state index contributed by atoms with van der Waals surface area (Å²) in [6, 6.07) is 6.82. The van der Waals surface area contributed by atoms with Gasteiger partial charge in [-0.3, -0.25) is 4.99 Å². The molecule has 1 atom stereocenters. The van der Waals surface area contributed by atoms with E-state index >= 15 is 0 Å². The maximum absolute atomic E-state index is 14.9. The number of halogens is 2. The Kier molecular flexibility index (Phi) is 5.17. The Morgan fingerprint density at radius 1 is 1.12 bits per heavy atom. The van der Waals surface area contributed by atoms with Gasteiger partial charge >= 0.3 is 0 Å². The van der Waals surface area contributed by atoms with Gasteiger partial charge in [-0.1, -0.05) is 19.9 Å². The summed E-state index contributed by atoms with van der Waals surface area (Å²) in [4.78, 5) is 17.5. The first-order valence-corrected chi connectivity index (χ1v) is 10.8. The maximum Gasteiger partial charge on any atom is 0.229 e. The van der Waals surface area contributed by atoms with Crippen LogP contribution in [0.5, 0.6) is 0 Å². The first kappa shape index (κ1) is 20.6. The van der Waals surface area contributed by atoms with Crippen LogP contribution in [0.3, 0.4) is 0 Å². The number of fused-ring (bicyclic) bond motifs is 2. The lowest BCUT2D eigenvalue weighted by Crippen LogP contribution is -2.28. The molecule has 2 aliphatic heterocycles. The van der Waals surface area contributed by atoms with E-state index in [2.05, 4.69) is 44.4 Å². The molecule has 0 spiro atoms. The van der Waals surface area contributed by atoms with Crippen LogP contribution >= 0.6 is 0 Å².